The van der Waals surface area contributed by atoms with Gasteiger partial charge in [-0.1, -0.05) is 12.1 Å². The van der Waals surface area contributed by atoms with Crippen molar-refractivity contribution in [1.82, 2.24) is 0 Å². The first kappa shape index (κ1) is 10.8. The van der Waals surface area contributed by atoms with E-state index in [0.29, 0.717) is 30.3 Å². The predicted octanol–water partition coefficient (Wildman–Crippen LogP) is 0.932. The van der Waals surface area contributed by atoms with Crippen molar-refractivity contribution < 1.29 is 19.4 Å². The van der Waals surface area contributed by atoms with Crippen molar-refractivity contribution in [2.24, 2.45) is 5.73 Å². The van der Waals surface area contributed by atoms with Gasteiger partial charge in [0.15, 0.2) is 11.5 Å². The molecule has 0 radical (unpaired) electrons. The fourth-order valence-corrected chi connectivity index (χ4v) is 1.69. The number of rotatable bonds is 3. The van der Waals surface area contributed by atoms with Gasteiger partial charge in [-0.05, 0) is 6.07 Å². The first-order valence-corrected chi connectivity index (χ1v) is 5.04. The summed E-state index contributed by atoms with van der Waals surface area (Å²) >= 11 is 0. The fourth-order valence-electron chi connectivity index (χ4n) is 1.69. The molecular formula is C11H13NO4. The number of aliphatic carboxylic acids is 1. The van der Waals surface area contributed by atoms with Gasteiger partial charge in [0.25, 0.3) is 0 Å². The zero-order valence-corrected chi connectivity index (χ0v) is 8.68. The van der Waals surface area contributed by atoms with Crippen molar-refractivity contribution in [3.05, 3.63) is 23.8 Å². The molecule has 0 fully saturated rings. The third kappa shape index (κ3) is 2.09. The molecule has 0 saturated carbocycles. The molecule has 0 aliphatic carbocycles. The van der Waals surface area contributed by atoms with Crippen LogP contribution < -0.4 is 15.2 Å². The van der Waals surface area contributed by atoms with Crippen LogP contribution in [0.15, 0.2) is 18.2 Å². The van der Waals surface area contributed by atoms with E-state index < -0.39 is 12.0 Å². The minimum Gasteiger partial charge on any atom is -0.486 e. The van der Waals surface area contributed by atoms with E-state index in [2.05, 4.69) is 0 Å². The van der Waals surface area contributed by atoms with E-state index in [4.69, 9.17) is 20.3 Å². The maximum atomic E-state index is 10.6. The lowest BCUT2D eigenvalue weighted by molar-refractivity contribution is -0.137. The highest BCUT2D eigenvalue weighted by molar-refractivity contribution is 5.68. The van der Waals surface area contributed by atoms with Gasteiger partial charge < -0.3 is 20.3 Å². The lowest BCUT2D eigenvalue weighted by Crippen LogP contribution is -2.20. The summed E-state index contributed by atoms with van der Waals surface area (Å²) in [6, 6.07) is 4.76. The van der Waals surface area contributed by atoms with Gasteiger partial charge in [0.05, 0.1) is 6.42 Å². The highest BCUT2D eigenvalue weighted by Gasteiger charge is 2.21. The Morgan fingerprint density at radius 1 is 1.44 bits per heavy atom. The van der Waals surface area contributed by atoms with Crippen LogP contribution in [0.5, 0.6) is 11.5 Å². The smallest absolute Gasteiger partial charge is 0.305 e. The van der Waals surface area contributed by atoms with E-state index in [1.165, 1.54) is 0 Å². The van der Waals surface area contributed by atoms with Crippen LogP contribution in [0, 0.1) is 0 Å². The van der Waals surface area contributed by atoms with Gasteiger partial charge in [0, 0.05) is 11.6 Å². The molecule has 1 atom stereocenters. The van der Waals surface area contributed by atoms with Gasteiger partial charge in [-0.25, -0.2) is 0 Å². The highest BCUT2D eigenvalue weighted by atomic mass is 16.6. The summed E-state index contributed by atoms with van der Waals surface area (Å²) in [4.78, 5) is 10.6. The summed E-state index contributed by atoms with van der Waals surface area (Å²) in [5.41, 5.74) is 6.48. The Morgan fingerprint density at radius 2 is 2.19 bits per heavy atom. The van der Waals surface area contributed by atoms with Crippen LogP contribution in [-0.4, -0.2) is 24.3 Å². The van der Waals surface area contributed by atoms with Crippen LogP contribution >= 0.6 is 0 Å². The number of hydrogen-bond donors (Lipinski definition) is 2. The van der Waals surface area contributed by atoms with Gasteiger partial charge in [-0.2, -0.15) is 0 Å². The minimum absolute atomic E-state index is 0.125. The quantitative estimate of drug-likeness (QED) is 0.796. The average Bonchev–Trinajstić information content (AvgIpc) is 2.27. The second-order valence-corrected chi connectivity index (χ2v) is 3.58. The molecule has 5 nitrogen and oxygen atoms in total. The Hall–Kier alpha value is -1.75. The third-order valence-electron chi connectivity index (χ3n) is 2.39. The number of carbonyl (C=O) groups is 1. The van der Waals surface area contributed by atoms with Gasteiger partial charge in [0.1, 0.15) is 13.2 Å². The molecule has 3 N–H and O–H groups in total. The molecule has 16 heavy (non-hydrogen) atoms. The molecule has 1 aromatic rings. The molecule has 1 unspecified atom stereocenters. The second kappa shape index (κ2) is 4.40. The van der Waals surface area contributed by atoms with Crippen molar-refractivity contribution in [3.63, 3.8) is 0 Å². The van der Waals surface area contributed by atoms with Gasteiger partial charge >= 0.3 is 5.97 Å². The molecule has 0 aromatic heterocycles. The molecule has 0 bridgehead atoms. The first-order chi connectivity index (χ1) is 7.68. The second-order valence-electron chi connectivity index (χ2n) is 3.58. The maximum absolute atomic E-state index is 10.6. The Bertz CT molecular complexity index is 405. The van der Waals surface area contributed by atoms with E-state index in [0.717, 1.165) is 0 Å². The maximum Gasteiger partial charge on any atom is 0.305 e. The number of benzene rings is 1. The van der Waals surface area contributed by atoms with Gasteiger partial charge in [0.2, 0.25) is 0 Å². The molecule has 0 saturated heterocycles. The number of fused-ring (bicyclic) bond motifs is 1. The molecule has 1 aromatic carbocycles. The molecule has 1 heterocycles. The first-order valence-electron chi connectivity index (χ1n) is 5.04. The Kier molecular flexibility index (Phi) is 2.96. The predicted molar refractivity (Wildman–Crippen MR) is 56.6 cm³/mol. The molecule has 86 valence electrons. The number of hydrogen-bond acceptors (Lipinski definition) is 4. The van der Waals surface area contributed by atoms with E-state index in [-0.39, 0.29) is 6.42 Å². The molecular weight excluding hydrogens is 210 g/mol. The van der Waals surface area contributed by atoms with Crippen LogP contribution in [0.4, 0.5) is 0 Å². The largest absolute Gasteiger partial charge is 0.486 e. The van der Waals surface area contributed by atoms with Crippen LogP contribution in [0.25, 0.3) is 0 Å². The Labute approximate surface area is 92.8 Å². The van der Waals surface area contributed by atoms with Crippen LogP contribution in [0.3, 0.4) is 0 Å². The van der Waals surface area contributed by atoms with Crippen molar-refractivity contribution >= 4 is 5.97 Å². The average molecular weight is 223 g/mol. The van der Waals surface area contributed by atoms with Crippen molar-refractivity contribution in [2.75, 3.05) is 13.2 Å². The lowest BCUT2D eigenvalue weighted by atomic mass is 10.0. The Balaban J connectivity index is 2.29. The standard InChI is InChI=1S/C11H13NO4/c12-8(6-10(13)14)7-2-1-3-9-11(7)16-5-4-15-9/h1-3,8H,4-6,12H2,(H,13,14). The van der Waals surface area contributed by atoms with Crippen molar-refractivity contribution in [2.45, 2.75) is 12.5 Å². The number of ether oxygens (including phenoxy) is 2. The van der Waals surface area contributed by atoms with Crippen molar-refractivity contribution in [3.8, 4) is 11.5 Å². The highest BCUT2D eigenvalue weighted by Crippen LogP contribution is 2.36. The number of carboxylic acid groups (broad SMARTS) is 1. The van der Waals surface area contributed by atoms with Crippen molar-refractivity contribution in [1.29, 1.82) is 0 Å². The zero-order valence-electron chi connectivity index (χ0n) is 8.68. The van der Waals surface area contributed by atoms with E-state index >= 15 is 0 Å². The number of carboxylic acids is 1. The SMILES string of the molecule is NC(CC(=O)O)c1cccc2c1OCCO2. The lowest BCUT2D eigenvalue weighted by Gasteiger charge is -2.22. The van der Waals surface area contributed by atoms with Gasteiger partial charge in [-0.3, -0.25) is 4.79 Å². The molecule has 0 spiro atoms. The van der Waals surface area contributed by atoms with Crippen LogP contribution in [-0.2, 0) is 4.79 Å². The van der Waals surface area contributed by atoms with E-state index in [1.54, 1.807) is 18.2 Å². The van der Waals surface area contributed by atoms with E-state index in [9.17, 15) is 4.79 Å². The van der Waals surface area contributed by atoms with Crippen LogP contribution in [0.2, 0.25) is 0 Å². The molecule has 2 rings (SSSR count). The summed E-state index contributed by atoms with van der Waals surface area (Å²) in [5.74, 6) is 0.272. The molecule has 1 aliphatic heterocycles. The third-order valence-corrected chi connectivity index (χ3v) is 2.39. The molecule has 0 amide bonds. The number of para-hydroxylation sites is 1. The van der Waals surface area contributed by atoms with Gasteiger partial charge in [-0.15, -0.1) is 0 Å². The summed E-state index contributed by atoms with van der Waals surface area (Å²) in [6.07, 6.45) is -0.125. The summed E-state index contributed by atoms with van der Waals surface area (Å²) in [7, 11) is 0. The summed E-state index contributed by atoms with van der Waals surface area (Å²) in [6.45, 7) is 0.967. The zero-order chi connectivity index (χ0) is 11.5. The van der Waals surface area contributed by atoms with Crippen LogP contribution in [0.1, 0.15) is 18.0 Å². The minimum atomic E-state index is -0.929. The normalized spacial score (nSPS) is 15.6. The molecule has 1 aliphatic rings. The van der Waals surface area contributed by atoms with E-state index in [1.807, 2.05) is 0 Å². The molecule has 5 heteroatoms. The topological polar surface area (TPSA) is 81.8 Å². The fraction of sp³-hybridized carbons (Fsp3) is 0.364. The monoisotopic (exact) mass is 223 g/mol. The summed E-state index contributed by atoms with van der Waals surface area (Å²) in [5, 5.41) is 8.70. The summed E-state index contributed by atoms with van der Waals surface area (Å²) < 4.78 is 10.9. The Morgan fingerprint density at radius 3 is 2.94 bits per heavy atom. The number of nitrogens with two attached hydrogens (primary N) is 1.